The molecule has 0 unspecified atom stereocenters. The van der Waals surface area contributed by atoms with E-state index in [2.05, 4.69) is 88.8 Å². The Bertz CT molecular complexity index is 1190. The molecule has 1 atom stereocenters. The Morgan fingerprint density at radius 2 is 1.65 bits per heavy atom. The maximum atomic E-state index is 9.78. The van der Waals surface area contributed by atoms with Gasteiger partial charge in [0.25, 0.3) is 0 Å². The van der Waals surface area contributed by atoms with Gasteiger partial charge in [-0.15, -0.1) is 10.2 Å². The molecule has 1 N–H and O–H groups in total. The maximum Gasteiger partial charge on any atom is 0.148 e. The quantitative estimate of drug-likeness (QED) is 0.462. The number of hydrogen-bond donors (Lipinski definition) is 1. The van der Waals surface area contributed by atoms with E-state index in [9.17, 15) is 5.11 Å². The van der Waals surface area contributed by atoms with Crippen molar-refractivity contribution in [2.24, 2.45) is 0 Å². The average molecular weight is 428 g/mol. The first-order valence-corrected chi connectivity index (χ1v) is 11.5. The molecule has 1 aromatic heterocycles. The molecule has 156 valence electrons. The molecule has 1 fully saturated rings. The summed E-state index contributed by atoms with van der Waals surface area (Å²) in [6, 6.07) is 25.4. The zero-order valence-electron chi connectivity index (χ0n) is 17.5. The van der Waals surface area contributed by atoms with E-state index >= 15 is 0 Å². The monoisotopic (exact) mass is 427 g/mol. The second-order valence-electron chi connectivity index (χ2n) is 8.13. The lowest BCUT2D eigenvalue weighted by Crippen LogP contribution is -2.21. The van der Waals surface area contributed by atoms with E-state index in [0.29, 0.717) is 0 Å². The molecule has 1 aliphatic heterocycles. The van der Waals surface area contributed by atoms with Crippen LogP contribution in [0.1, 0.15) is 17.5 Å². The molecule has 2 heterocycles. The van der Waals surface area contributed by atoms with E-state index in [0.717, 1.165) is 47.2 Å². The van der Waals surface area contributed by atoms with Crippen molar-refractivity contribution in [1.82, 2.24) is 15.1 Å². The van der Waals surface area contributed by atoms with Crippen molar-refractivity contribution in [3.8, 4) is 32.3 Å². The van der Waals surface area contributed by atoms with E-state index in [1.54, 1.807) is 11.3 Å². The Balaban J connectivity index is 1.42. The second kappa shape index (κ2) is 8.71. The minimum atomic E-state index is -0.191. The van der Waals surface area contributed by atoms with Crippen molar-refractivity contribution in [2.75, 3.05) is 13.1 Å². The summed E-state index contributed by atoms with van der Waals surface area (Å²) in [5.74, 6) is 0. The van der Waals surface area contributed by atoms with Crippen LogP contribution in [0.15, 0.2) is 72.8 Å². The highest BCUT2D eigenvalue weighted by Gasteiger charge is 2.20. The van der Waals surface area contributed by atoms with Crippen molar-refractivity contribution >= 4 is 11.3 Å². The van der Waals surface area contributed by atoms with Crippen molar-refractivity contribution in [3.63, 3.8) is 0 Å². The summed E-state index contributed by atoms with van der Waals surface area (Å²) in [5.41, 5.74) is 7.13. The first kappa shape index (κ1) is 20.1. The molecule has 0 bridgehead atoms. The number of aromatic nitrogens is 2. The predicted molar refractivity (Wildman–Crippen MR) is 127 cm³/mol. The fraction of sp³-hybridized carbons (Fsp3) is 0.231. The van der Waals surface area contributed by atoms with Crippen LogP contribution in [-0.2, 0) is 6.54 Å². The Morgan fingerprint density at radius 3 is 2.45 bits per heavy atom. The van der Waals surface area contributed by atoms with Gasteiger partial charge >= 0.3 is 0 Å². The zero-order valence-corrected chi connectivity index (χ0v) is 18.3. The number of nitrogens with zero attached hydrogens (tertiary/aromatic N) is 3. The van der Waals surface area contributed by atoms with E-state index in [-0.39, 0.29) is 6.10 Å². The van der Waals surface area contributed by atoms with Gasteiger partial charge in [-0.05, 0) is 41.7 Å². The third kappa shape index (κ3) is 4.30. The number of β-amino-alcohol motifs (C(OH)–C–C–N with tert-alkyl or cyclic N) is 1. The molecule has 0 saturated carbocycles. The second-order valence-corrected chi connectivity index (χ2v) is 9.11. The van der Waals surface area contributed by atoms with Gasteiger partial charge in [-0.2, -0.15) is 0 Å². The molecular formula is C26H25N3OS. The summed E-state index contributed by atoms with van der Waals surface area (Å²) in [5, 5.41) is 20.7. The Morgan fingerprint density at radius 1 is 0.903 bits per heavy atom. The van der Waals surface area contributed by atoms with Gasteiger partial charge in [0.05, 0.1) is 6.10 Å². The maximum absolute atomic E-state index is 9.78. The lowest BCUT2D eigenvalue weighted by Gasteiger charge is -2.15. The van der Waals surface area contributed by atoms with Crippen LogP contribution in [0.2, 0.25) is 0 Å². The molecule has 0 radical (unpaired) electrons. The van der Waals surface area contributed by atoms with Crippen molar-refractivity contribution in [2.45, 2.75) is 26.0 Å². The van der Waals surface area contributed by atoms with Gasteiger partial charge in [0.2, 0.25) is 0 Å². The molecule has 31 heavy (non-hydrogen) atoms. The Labute approximate surface area is 186 Å². The SMILES string of the molecule is Cc1c(-c2ccccc2)cccc1-c1nnc(-c2cccc(CN3CC[C@H](O)C3)c2)s1. The van der Waals surface area contributed by atoms with E-state index in [1.807, 2.05) is 6.07 Å². The van der Waals surface area contributed by atoms with Crippen molar-refractivity contribution in [1.29, 1.82) is 0 Å². The predicted octanol–water partition coefficient (Wildman–Crippen LogP) is 5.41. The van der Waals surface area contributed by atoms with Gasteiger partial charge in [0.1, 0.15) is 10.0 Å². The number of aliphatic hydroxyl groups is 1. The van der Waals surface area contributed by atoms with Gasteiger partial charge in [-0.25, -0.2) is 0 Å². The van der Waals surface area contributed by atoms with E-state index in [1.165, 1.54) is 22.3 Å². The molecule has 3 aromatic carbocycles. The average Bonchev–Trinajstić information content (AvgIpc) is 3.44. The zero-order chi connectivity index (χ0) is 21.2. The molecular weight excluding hydrogens is 402 g/mol. The van der Waals surface area contributed by atoms with Gasteiger partial charge in [-0.1, -0.05) is 78.1 Å². The van der Waals surface area contributed by atoms with Crippen LogP contribution in [0, 0.1) is 6.92 Å². The highest BCUT2D eigenvalue weighted by atomic mass is 32.1. The number of likely N-dealkylation sites (tertiary alicyclic amines) is 1. The minimum Gasteiger partial charge on any atom is -0.392 e. The van der Waals surface area contributed by atoms with Gasteiger partial charge in [0, 0.05) is 30.8 Å². The van der Waals surface area contributed by atoms with Crippen LogP contribution in [0.5, 0.6) is 0 Å². The van der Waals surface area contributed by atoms with Crippen molar-refractivity contribution in [3.05, 3.63) is 83.9 Å². The van der Waals surface area contributed by atoms with Gasteiger partial charge in [-0.3, -0.25) is 4.90 Å². The summed E-state index contributed by atoms with van der Waals surface area (Å²) in [7, 11) is 0. The topological polar surface area (TPSA) is 49.2 Å². The Kier molecular flexibility index (Phi) is 5.64. The third-order valence-corrected chi connectivity index (χ3v) is 6.91. The standard InChI is InChI=1S/C26H25N3OS/c1-18-23(20-8-3-2-4-9-20)11-6-12-24(18)26-28-27-25(31-26)21-10-5-7-19(15-21)16-29-14-13-22(30)17-29/h2-12,15,22,30H,13-14,16-17H2,1H3/t22-/m0/s1. The van der Waals surface area contributed by atoms with Crippen LogP contribution in [0.25, 0.3) is 32.3 Å². The first-order chi connectivity index (χ1) is 15.2. The summed E-state index contributed by atoms with van der Waals surface area (Å²) in [6.45, 7) is 4.72. The fourth-order valence-corrected chi connectivity index (χ4v) is 5.19. The van der Waals surface area contributed by atoms with Crippen LogP contribution < -0.4 is 0 Å². The van der Waals surface area contributed by atoms with Crippen molar-refractivity contribution < 1.29 is 5.11 Å². The number of hydrogen-bond acceptors (Lipinski definition) is 5. The highest BCUT2D eigenvalue weighted by Crippen LogP contribution is 2.35. The molecule has 0 amide bonds. The largest absolute Gasteiger partial charge is 0.392 e. The van der Waals surface area contributed by atoms with Crippen LogP contribution in [0.3, 0.4) is 0 Å². The number of rotatable bonds is 5. The molecule has 5 rings (SSSR count). The third-order valence-electron chi connectivity index (χ3n) is 5.90. The van der Waals surface area contributed by atoms with Gasteiger partial charge in [0.15, 0.2) is 0 Å². The van der Waals surface area contributed by atoms with Gasteiger partial charge < -0.3 is 5.11 Å². The summed E-state index contributed by atoms with van der Waals surface area (Å²) in [6.07, 6.45) is 0.671. The lowest BCUT2D eigenvalue weighted by molar-refractivity contribution is 0.175. The molecule has 5 heteroatoms. The minimum absolute atomic E-state index is 0.191. The number of benzene rings is 3. The smallest absolute Gasteiger partial charge is 0.148 e. The summed E-state index contributed by atoms with van der Waals surface area (Å²) >= 11 is 1.63. The lowest BCUT2D eigenvalue weighted by atomic mass is 9.97. The van der Waals surface area contributed by atoms with E-state index < -0.39 is 0 Å². The first-order valence-electron chi connectivity index (χ1n) is 10.7. The van der Waals surface area contributed by atoms with E-state index in [4.69, 9.17) is 0 Å². The number of aliphatic hydroxyl groups excluding tert-OH is 1. The van der Waals surface area contributed by atoms with Crippen LogP contribution >= 0.6 is 11.3 Å². The molecule has 1 aliphatic rings. The molecule has 4 nitrogen and oxygen atoms in total. The Hall–Kier alpha value is -2.86. The fourth-order valence-electron chi connectivity index (χ4n) is 4.26. The van der Waals surface area contributed by atoms with Crippen LogP contribution in [-0.4, -0.2) is 39.4 Å². The van der Waals surface area contributed by atoms with Crippen LogP contribution in [0.4, 0.5) is 0 Å². The highest BCUT2D eigenvalue weighted by molar-refractivity contribution is 7.17. The summed E-state index contributed by atoms with van der Waals surface area (Å²) < 4.78 is 0. The summed E-state index contributed by atoms with van der Waals surface area (Å²) in [4.78, 5) is 2.30. The molecule has 0 spiro atoms. The molecule has 1 saturated heterocycles. The normalized spacial score (nSPS) is 16.6. The molecule has 4 aromatic rings. The molecule has 0 aliphatic carbocycles.